The SMILES string of the molecule is CC(C)(C)S(=O)CC(=O)c1ccc2c(c1)OCO2. The minimum absolute atomic E-state index is 0.0309. The topological polar surface area (TPSA) is 52.6 Å². The first kappa shape index (κ1) is 13.1. The van der Waals surface area contributed by atoms with E-state index in [9.17, 15) is 9.00 Å². The largest absolute Gasteiger partial charge is 0.454 e. The monoisotopic (exact) mass is 268 g/mol. The summed E-state index contributed by atoms with van der Waals surface area (Å²) in [5.41, 5.74) is 0.511. The Kier molecular flexibility index (Phi) is 3.43. The molecule has 1 heterocycles. The average Bonchev–Trinajstić information content (AvgIpc) is 2.74. The van der Waals surface area contributed by atoms with Gasteiger partial charge in [0, 0.05) is 21.1 Å². The Balaban J connectivity index is 2.13. The highest BCUT2D eigenvalue weighted by molar-refractivity contribution is 7.87. The van der Waals surface area contributed by atoms with Crippen molar-refractivity contribution in [2.75, 3.05) is 12.5 Å². The molecule has 0 fully saturated rings. The standard InChI is InChI=1S/C13H16O4S/c1-13(2,3)18(15)7-10(14)9-4-5-11-12(6-9)17-8-16-11/h4-6H,7-8H2,1-3H3. The highest BCUT2D eigenvalue weighted by Gasteiger charge is 2.23. The Morgan fingerprint density at radius 2 is 1.94 bits per heavy atom. The minimum Gasteiger partial charge on any atom is -0.454 e. The van der Waals surface area contributed by atoms with E-state index in [0.29, 0.717) is 17.1 Å². The number of ether oxygens (including phenoxy) is 2. The van der Waals surface area contributed by atoms with Crippen LogP contribution in [0, 0.1) is 0 Å². The molecule has 1 aromatic rings. The molecule has 1 unspecified atom stereocenters. The fraction of sp³-hybridized carbons (Fsp3) is 0.462. The minimum atomic E-state index is -1.19. The van der Waals surface area contributed by atoms with Gasteiger partial charge in [0.15, 0.2) is 17.3 Å². The molecule has 1 aliphatic heterocycles. The third-order valence-corrected chi connectivity index (χ3v) is 4.53. The predicted molar refractivity (Wildman–Crippen MR) is 69.7 cm³/mol. The van der Waals surface area contributed by atoms with E-state index >= 15 is 0 Å². The van der Waals surface area contributed by atoms with Crippen molar-refractivity contribution in [1.82, 2.24) is 0 Å². The van der Waals surface area contributed by atoms with Crippen molar-refractivity contribution in [3.8, 4) is 11.5 Å². The molecule has 0 spiro atoms. The van der Waals surface area contributed by atoms with Crippen LogP contribution in [0.5, 0.6) is 11.5 Å². The van der Waals surface area contributed by atoms with E-state index in [1.807, 2.05) is 20.8 Å². The summed E-state index contributed by atoms with van der Waals surface area (Å²) in [7, 11) is -1.19. The van der Waals surface area contributed by atoms with Crippen molar-refractivity contribution in [3.05, 3.63) is 23.8 Å². The summed E-state index contributed by atoms with van der Waals surface area (Å²) in [6.07, 6.45) is 0. The van der Waals surface area contributed by atoms with E-state index in [1.54, 1.807) is 18.2 Å². The first-order valence-corrected chi connectivity index (χ1v) is 7.01. The second kappa shape index (κ2) is 4.72. The Morgan fingerprint density at radius 1 is 1.28 bits per heavy atom. The van der Waals surface area contributed by atoms with Crippen LogP contribution in [-0.4, -0.2) is 27.3 Å². The molecule has 0 aromatic heterocycles. The number of fused-ring (bicyclic) bond motifs is 1. The Labute approximate surface area is 109 Å². The Hall–Kier alpha value is -1.36. The summed E-state index contributed by atoms with van der Waals surface area (Å²) in [4.78, 5) is 12.0. The van der Waals surface area contributed by atoms with Crippen LogP contribution in [0.2, 0.25) is 0 Å². The lowest BCUT2D eigenvalue weighted by Gasteiger charge is -2.16. The second-order valence-corrected chi connectivity index (χ2v) is 7.30. The van der Waals surface area contributed by atoms with Gasteiger partial charge < -0.3 is 9.47 Å². The molecule has 0 radical (unpaired) electrons. The van der Waals surface area contributed by atoms with Crippen molar-refractivity contribution in [1.29, 1.82) is 0 Å². The number of carbonyl (C=O) groups excluding carboxylic acids is 1. The average molecular weight is 268 g/mol. The molecule has 2 rings (SSSR count). The zero-order valence-corrected chi connectivity index (χ0v) is 11.5. The number of ketones is 1. The Morgan fingerprint density at radius 3 is 2.61 bits per heavy atom. The quantitative estimate of drug-likeness (QED) is 0.788. The van der Waals surface area contributed by atoms with Crippen LogP contribution in [-0.2, 0) is 10.8 Å². The number of benzene rings is 1. The molecule has 0 saturated heterocycles. The zero-order chi connectivity index (χ0) is 13.3. The fourth-order valence-corrected chi connectivity index (χ4v) is 2.33. The van der Waals surface area contributed by atoms with Crippen molar-refractivity contribution >= 4 is 16.6 Å². The molecule has 0 aliphatic carbocycles. The van der Waals surface area contributed by atoms with Gasteiger partial charge in [0.25, 0.3) is 0 Å². The molecule has 0 amide bonds. The number of Topliss-reactive ketones (excluding diaryl/α,β-unsaturated/α-hetero) is 1. The van der Waals surface area contributed by atoms with Gasteiger partial charge in [-0.3, -0.25) is 9.00 Å². The molecule has 1 aromatic carbocycles. The summed E-state index contributed by atoms with van der Waals surface area (Å²) in [5.74, 6) is 1.11. The van der Waals surface area contributed by atoms with Crippen LogP contribution >= 0.6 is 0 Å². The molecule has 1 aliphatic rings. The molecule has 0 saturated carbocycles. The van der Waals surface area contributed by atoms with Crippen molar-refractivity contribution < 1.29 is 18.5 Å². The molecular weight excluding hydrogens is 252 g/mol. The molecular formula is C13H16O4S. The van der Waals surface area contributed by atoms with Crippen LogP contribution in [0.15, 0.2) is 18.2 Å². The van der Waals surface area contributed by atoms with E-state index in [4.69, 9.17) is 9.47 Å². The van der Waals surface area contributed by atoms with E-state index < -0.39 is 10.8 Å². The van der Waals surface area contributed by atoms with Crippen LogP contribution in [0.3, 0.4) is 0 Å². The lowest BCUT2D eigenvalue weighted by Crippen LogP contribution is -2.27. The number of carbonyl (C=O) groups is 1. The summed E-state index contributed by atoms with van der Waals surface area (Å²) in [6.45, 7) is 5.75. The highest BCUT2D eigenvalue weighted by Crippen LogP contribution is 2.32. The molecule has 0 bridgehead atoms. The summed E-state index contributed by atoms with van der Waals surface area (Å²) in [5, 5.41) is 0. The third-order valence-electron chi connectivity index (χ3n) is 2.64. The van der Waals surface area contributed by atoms with E-state index in [0.717, 1.165) is 0 Å². The van der Waals surface area contributed by atoms with E-state index in [2.05, 4.69) is 0 Å². The first-order chi connectivity index (χ1) is 8.38. The van der Waals surface area contributed by atoms with Crippen LogP contribution in [0.4, 0.5) is 0 Å². The summed E-state index contributed by atoms with van der Waals surface area (Å²) >= 11 is 0. The maximum Gasteiger partial charge on any atom is 0.231 e. The summed E-state index contributed by atoms with van der Waals surface area (Å²) in [6, 6.07) is 5.02. The Bertz CT molecular complexity index is 502. The number of hydrogen-bond acceptors (Lipinski definition) is 4. The zero-order valence-electron chi connectivity index (χ0n) is 10.7. The first-order valence-electron chi connectivity index (χ1n) is 5.69. The molecule has 5 heteroatoms. The smallest absolute Gasteiger partial charge is 0.231 e. The number of rotatable bonds is 3. The predicted octanol–water partition coefficient (Wildman–Crippen LogP) is 2.15. The number of hydrogen-bond donors (Lipinski definition) is 0. The molecule has 18 heavy (non-hydrogen) atoms. The van der Waals surface area contributed by atoms with Gasteiger partial charge in [-0.05, 0) is 39.0 Å². The van der Waals surface area contributed by atoms with Gasteiger partial charge in [-0.25, -0.2) is 0 Å². The second-order valence-electron chi connectivity index (χ2n) is 5.09. The van der Waals surface area contributed by atoms with Crippen molar-refractivity contribution in [2.24, 2.45) is 0 Å². The third kappa shape index (κ3) is 2.72. The van der Waals surface area contributed by atoms with Crippen molar-refractivity contribution in [2.45, 2.75) is 25.5 Å². The molecule has 4 nitrogen and oxygen atoms in total. The summed E-state index contributed by atoms with van der Waals surface area (Å²) < 4.78 is 21.9. The van der Waals surface area contributed by atoms with E-state index in [-0.39, 0.29) is 23.1 Å². The molecule has 1 atom stereocenters. The van der Waals surface area contributed by atoms with Gasteiger partial charge >= 0.3 is 0 Å². The van der Waals surface area contributed by atoms with Crippen molar-refractivity contribution in [3.63, 3.8) is 0 Å². The van der Waals surface area contributed by atoms with Gasteiger partial charge in [-0.1, -0.05) is 0 Å². The maximum absolute atomic E-state index is 12.0. The van der Waals surface area contributed by atoms with Crippen LogP contribution in [0.1, 0.15) is 31.1 Å². The van der Waals surface area contributed by atoms with Gasteiger partial charge in [-0.15, -0.1) is 0 Å². The van der Waals surface area contributed by atoms with Crippen LogP contribution in [0.25, 0.3) is 0 Å². The molecule has 0 N–H and O–H groups in total. The van der Waals surface area contributed by atoms with Gasteiger partial charge in [-0.2, -0.15) is 0 Å². The normalized spacial score (nSPS) is 15.5. The molecule has 98 valence electrons. The maximum atomic E-state index is 12.0. The lowest BCUT2D eigenvalue weighted by atomic mass is 10.1. The van der Waals surface area contributed by atoms with Gasteiger partial charge in [0.1, 0.15) is 0 Å². The highest BCUT2D eigenvalue weighted by atomic mass is 32.2. The van der Waals surface area contributed by atoms with E-state index in [1.165, 1.54) is 0 Å². The van der Waals surface area contributed by atoms with Gasteiger partial charge in [0.05, 0.1) is 5.75 Å². The lowest BCUT2D eigenvalue weighted by molar-refractivity contribution is 0.102. The fourth-order valence-electron chi connectivity index (χ4n) is 1.49. The van der Waals surface area contributed by atoms with Crippen LogP contribution < -0.4 is 9.47 Å². The van der Waals surface area contributed by atoms with Gasteiger partial charge in [0.2, 0.25) is 6.79 Å².